The van der Waals surface area contributed by atoms with Gasteiger partial charge in [0.2, 0.25) is 0 Å². The molecule has 0 fully saturated rings. The molecule has 0 aliphatic rings. The van der Waals surface area contributed by atoms with Crippen molar-refractivity contribution in [2.24, 2.45) is 0 Å². The average Bonchev–Trinajstić information content (AvgIpc) is 2.59. The second-order valence-corrected chi connectivity index (χ2v) is 6.13. The second kappa shape index (κ2) is 3.81. The van der Waals surface area contributed by atoms with E-state index in [0.29, 0.717) is 5.52 Å². The molecule has 1 aromatic heterocycles. The van der Waals surface area contributed by atoms with Gasteiger partial charge < -0.3 is 0 Å². The van der Waals surface area contributed by atoms with Crippen LogP contribution in [0.5, 0.6) is 0 Å². The third-order valence-corrected chi connectivity index (χ3v) is 3.81. The predicted octanol–water partition coefficient (Wildman–Crippen LogP) is 4.30. The van der Waals surface area contributed by atoms with Crippen molar-refractivity contribution in [2.75, 3.05) is 0 Å². The SMILES string of the molecule is CCc1nc2c(F)cc(C(C)(C)C)cc2s1. The Hall–Kier alpha value is -0.960. The molecule has 0 aliphatic heterocycles. The summed E-state index contributed by atoms with van der Waals surface area (Å²) in [4.78, 5) is 4.30. The fourth-order valence-electron chi connectivity index (χ4n) is 1.62. The van der Waals surface area contributed by atoms with Gasteiger partial charge in [0.05, 0.1) is 9.71 Å². The molecule has 2 aromatic rings. The third-order valence-electron chi connectivity index (χ3n) is 2.66. The number of thiazole rings is 1. The van der Waals surface area contributed by atoms with Crippen LogP contribution in [-0.4, -0.2) is 4.98 Å². The molecule has 1 nitrogen and oxygen atoms in total. The van der Waals surface area contributed by atoms with E-state index in [1.807, 2.05) is 6.92 Å². The van der Waals surface area contributed by atoms with Crippen LogP contribution >= 0.6 is 11.3 Å². The zero-order chi connectivity index (χ0) is 11.9. The highest BCUT2D eigenvalue weighted by Crippen LogP contribution is 2.31. The molecular weight excluding hydrogens is 221 g/mol. The van der Waals surface area contributed by atoms with Gasteiger partial charge in [-0.25, -0.2) is 9.37 Å². The topological polar surface area (TPSA) is 12.9 Å². The average molecular weight is 237 g/mol. The van der Waals surface area contributed by atoms with Gasteiger partial charge in [-0.05, 0) is 29.5 Å². The van der Waals surface area contributed by atoms with E-state index in [-0.39, 0.29) is 11.2 Å². The van der Waals surface area contributed by atoms with E-state index in [1.165, 1.54) is 0 Å². The van der Waals surface area contributed by atoms with Crippen molar-refractivity contribution in [1.82, 2.24) is 4.98 Å². The maximum atomic E-state index is 13.9. The van der Waals surface area contributed by atoms with Crippen molar-refractivity contribution in [3.63, 3.8) is 0 Å². The van der Waals surface area contributed by atoms with Crippen molar-refractivity contribution < 1.29 is 4.39 Å². The number of aryl methyl sites for hydroxylation is 1. The van der Waals surface area contributed by atoms with Gasteiger partial charge in [-0.1, -0.05) is 27.7 Å². The number of nitrogens with zero attached hydrogens (tertiary/aromatic N) is 1. The summed E-state index contributed by atoms with van der Waals surface area (Å²) in [7, 11) is 0. The van der Waals surface area contributed by atoms with Gasteiger partial charge >= 0.3 is 0 Å². The minimum Gasteiger partial charge on any atom is -0.238 e. The number of aromatic nitrogens is 1. The van der Waals surface area contributed by atoms with Crippen LogP contribution in [0.25, 0.3) is 10.2 Å². The van der Waals surface area contributed by atoms with Crippen LogP contribution in [0.1, 0.15) is 38.3 Å². The summed E-state index contributed by atoms with van der Waals surface area (Å²) < 4.78 is 14.8. The minimum absolute atomic E-state index is 0.0224. The van der Waals surface area contributed by atoms with E-state index < -0.39 is 0 Å². The molecule has 0 unspecified atom stereocenters. The summed E-state index contributed by atoms with van der Waals surface area (Å²) in [5, 5.41) is 1.000. The molecule has 0 atom stereocenters. The Labute approximate surface area is 99.3 Å². The van der Waals surface area contributed by atoms with Crippen LogP contribution in [-0.2, 0) is 11.8 Å². The third kappa shape index (κ3) is 1.96. The molecule has 0 saturated carbocycles. The minimum atomic E-state index is -0.196. The monoisotopic (exact) mass is 237 g/mol. The van der Waals surface area contributed by atoms with Crippen molar-refractivity contribution in [1.29, 1.82) is 0 Å². The number of fused-ring (bicyclic) bond motifs is 1. The van der Waals surface area contributed by atoms with Crippen LogP contribution < -0.4 is 0 Å². The van der Waals surface area contributed by atoms with E-state index in [2.05, 4.69) is 31.8 Å². The maximum absolute atomic E-state index is 13.9. The first-order valence-electron chi connectivity index (χ1n) is 5.51. The van der Waals surface area contributed by atoms with Crippen LogP contribution in [0.2, 0.25) is 0 Å². The first-order chi connectivity index (χ1) is 7.41. The van der Waals surface area contributed by atoms with Gasteiger partial charge in [-0.3, -0.25) is 0 Å². The first-order valence-corrected chi connectivity index (χ1v) is 6.33. The van der Waals surface area contributed by atoms with Crippen molar-refractivity contribution >= 4 is 21.6 Å². The summed E-state index contributed by atoms with van der Waals surface area (Å²) in [5.74, 6) is -0.196. The summed E-state index contributed by atoms with van der Waals surface area (Å²) >= 11 is 1.59. The lowest BCUT2D eigenvalue weighted by molar-refractivity contribution is 0.576. The summed E-state index contributed by atoms with van der Waals surface area (Å²) in [6, 6.07) is 3.68. The molecule has 0 N–H and O–H groups in total. The number of halogens is 1. The Morgan fingerprint density at radius 3 is 2.56 bits per heavy atom. The summed E-state index contributed by atoms with van der Waals surface area (Å²) in [6.45, 7) is 8.32. The Morgan fingerprint density at radius 1 is 1.31 bits per heavy atom. The molecule has 16 heavy (non-hydrogen) atoms. The fraction of sp³-hybridized carbons (Fsp3) is 0.462. The van der Waals surface area contributed by atoms with E-state index in [4.69, 9.17) is 0 Å². The fourth-order valence-corrected chi connectivity index (χ4v) is 2.58. The largest absolute Gasteiger partial charge is 0.238 e. The van der Waals surface area contributed by atoms with E-state index >= 15 is 0 Å². The Bertz CT molecular complexity index is 522. The van der Waals surface area contributed by atoms with Crippen LogP contribution in [0, 0.1) is 5.82 Å². The Morgan fingerprint density at radius 2 is 2.00 bits per heavy atom. The molecular formula is C13H16FNS. The van der Waals surface area contributed by atoms with Gasteiger partial charge in [-0.2, -0.15) is 0 Å². The molecule has 86 valence electrons. The molecule has 0 radical (unpaired) electrons. The zero-order valence-electron chi connectivity index (χ0n) is 10.1. The second-order valence-electron chi connectivity index (χ2n) is 5.02. The molecule has 0 bridgehead atoms. The van der Waals surface area contributed by atoms with Gasteiger partial charge in [0, 0.05) is 0 Å². The smallest absolute Gasteiger partial charge is 0.150 e. The maximum Gasteiger partial charge on any atom is 0.150 e. The molecule has 1 heterocycles. The highest BCUT2D eigenvalue weighted by molar-refractivity contribution is 7.18. The zero-order valence-corrected chi connectivity index (χ0v) is 10.9. The summed E-state index contributed by atoms with van der Waals surface area (Å²) in [5.41, 5.74) is 1.53. The summed E-state index contributed by atoms with van der Waals surface area (Å²) in [6.07, 6.45) is 0.865. The van der Waals surface area contributed by atoms with Crippen molar-refractivity contribution in [3.8, 4) is 0 Å². The Kier molecular flexibility index (Phi) is 2.74. The van der Waals surface area contributed by atoms with Gasteiger partial charge in [0.25, 0.3) is 0 Å². The number of benzene rings is 1. The molecule has 0 amide bonds. The number of rotatable bonds is 1. The van der Waals surface area contributed by atoms with Gasteiger partial charge in [-0.15, -0.1) is 11.3 Å². The van der Waals surface area contributed by atoms with Crippen LogP contribution in [0.4, 0.5) is 4.39 Å². The molecule has 3 heteroatoms. The highest BCUT2D eigenvalue weighted by Gasteiger charge is 2.17. The lowest BCUT2D eigenvalue weighted by Gasteiger charge is -2.18. The van der Waals surface area contributed by atoms with Crippen LogP contribution in [0.3, 0.4) is 0 Å². The molecule has 0 spiro atoms. The normalized spacial score (nSPS) is 12.3. The molecule has 2 rings (SSSR count). The van der Waals surface area contributed by atoms with Gasteiger partial charge in [0.1, 0.15) is 5.52 Å². The van der Waals surface area contributed by atoms with Gasteiger partial charge in [0.15, 0.2) is 5.82 Å². The Balaban J connectivity index is 2.67. The van der Waals surface area contributed by atoms with E-state index in [0.717, 1.165) is 21.7 Å². The molecule has 0 aliphatic carbocycles. The lowest BCUT2D eigenvalue weighted by Crippen LogP contribution is -2.11. The first kappa shape index (κ1) is 11.5. The van der Waals surface area contributed by atoms with E-state index in [1.54, 1.807) is 17.4 Å². The van der Waals surface area contributed by atoms with Crippen molar-refractivity contribution in [2.45, 2.75) is 39.5 Å². The van der Waals surface area contributed by atoms with Crippen molar-refractivity contribution in [3.05, 3.63) is 28.5 Å². The molecule has 1 aromatic carbocycles. The lowest BCUT2D eigenvalue weighted by atomic mass is 9.87. The molecule has 0 saturated heterocycles. The standard InChI is InChI=1S/C13H16FNS/c1-5-11-15-12-9(14)6-8(13(2,3)4)7-10(12)16-11/h6-7H,5H2,1-4H3. The number of hydrogen-bond donors (Lipinski definition) is 0. The van der Waals surface area contributed by atoms with Crippen LogP contribution in [0.15, 0.2) is 12.1 Å². The highest BCUT2D eigenvalue weighted by atomic mass is 32.1. The predicted molar refractivity (Wildman–Crippen MR) is 67.7 cm³/mol. The number of hydrogen-bond acceptors (Lipinski definition) is 2. The van der Waals surface area contributed by atoms with E-state index in [9.17, 15) is 4.39 Å². The quantitative estimate of drug-likeness (QED) is 0.720.